The number of esters is 1. The predicted octanol–water partition coefficient (Wildman–Crippen LogP) is 4.22. The number of carbonyl (C=O) groups is 2. The van der Waals surface area contributed by atoms with Gasteiger partial charge in [0, 0.05) is 18.7 Å². The molecule has 1 amide bonds. The first-order valence-corrected chi connectivity index (χ1v) is 9.19. The average Bonchev–Trinajstić information content (AvgIpc) is 2.67. The lowest BCUT2D eigenvalue weighted by atomic mass is 10.1. The van der Waals surface area contributed by atoms with Crippen LogP contribution in [0.25, 0.3) is 0 Å². The van der Waals surface area contributed by atoms with Crippen LogP contribution in [0.2, 0.25) is 0 Å². The minimum absolute atomic E-state index is 0.234. The number of nitrogens with zero attached hydrogens (tertiary/aromatic N) is 1. The summed E-state index contributed by atoms with van der Waals surface area (Å²) in [7, 11) is 1.55. The second kappa shape index (κ2) is 9.38. The highest BCUT2D eigenvalue weighted by Gasteiger charge is 2.28. The third-order valence-corrected chi connectivity index (χ3v) is 4.63. The molecule has 0 heterocycles. The van der Waals surface area contributed by atoms with Gasteiger partial charge in [0.05, 0.1) is 17.1 Å². The third-order valence-electron chi connectivity index (χ3n) is 4.01. The van der Waals surface area contributed by atoms with Gasteiger partial charge in [-0.25, -0.2) is 4.79 Å². The summed E-state index contributed by atoms with van der Waals surface area (Å²) in [5, 5.41) is 0. The number of amides is 1. The first-order valence-electron chi connectivity index (χ1n) is 8.40. The topological polar surface area (TPSA) is 55.8 Å². The van der Waals surface area contributed by atoms with Gasteiger partial charge in [0.1, 0.15) is 5.75 Å². The van der Waals surface area contributed by atoms with Crippen molar-refractivity contribution < 1.29 is 19.1 Å². The number of ether oxygens (including phenoxy) is 2. The van der Waals surface area contributed by atoms with Crippen LogP contribution in [0.1, 0.15) is 35.9 Å². The molecule has 1 atom stereocenters. The number of hydrogen-bond donors (Lipinski definition) is 0. The number of benzene rings is 2. The van der Waals surface area contributed by atoms with Gasteiger partial charge in [-0.3, -0.25) is 4.79 Å². The molecule has 2 aromatic carbocycles. The molecule has 26 heavy (non-hydrogen) atoms. The van der Waals surface area contributed by atoms with E-state index in [1.54, 1.807) is 42.3 Å². The van der Waals surface area contributed by atoms with E-state index in [1.165, 1.54) is 0 Å². The maximum atomic E-state index is 12.9. The Kier molecular flexibility index (Phi) is 7.21. The Balaban J connectivity index is 2.30. The first-order chi connectivity index (χ1) is 12.5. The molecule has 5 nitrogen and oxygen atoms in total. The van der Waals surface area contributed by atoms with Gasteiger partial charge in [0.25, 0.3) is 5.91 Å². The largest absolute Gasteiger partial charge is 0.496 e. The molecule has 0 aromatic heterocycles. The van der Waals surface area contributed by atoms with Crippen LogP contribution in [0.5, 0.6) is 5.75 Å². The van der Waals surface area contributed by atoms with Crippen molar-refractivity contribution in [1.29, 1.82) is 0 Å². The molecule has 0 fully saturated rings. The summed E-state index contributed by atoms with van der Waals surface area (Å²) in [6.07, 6.45) is -0.982. The van der Waals surface area contributed by atoms with E-state index in [4.69, 9.17) is 9.47 Å². The molecule has 2 aromatic rings. The van der Waals surface area contributed by atoms with Crippen molar-refractivity contribution >= 4 is 27.8 Å². The van der Waals surface area contributed by atoms with Crippen LogP contribution in [-0.2, 0) is 9.53 Å². The Labute approximate surface area is 162 Å². The number of halogens is 1. The molecular weight excluding hydrogens is 398 g/mol. The molecular formula is C20H22BrNO4. The molecule has 0 radical (unpaired) electrons. The summed E-state index contributed by atoms with van der Waals surface area (Å²) in [4.78, 5) is 27.1. The molecule has 0 unspecified atom stereocenters. The van der Waals surface area contributed by atoms with E-state index >= 15 is 0 Å². The number of hydrogen-bond acceptors (Lipinski definition) is 4. The maximum absolute atomic E-state index is 12.9. The normalized spacial score (nSPS) is 11.5. The van der Waals surface area contributed by atoms with Crippen LogP contribution in [0.15, 0.2) is 53.0 Å². The number of rotatable bonds is 7. The fraction of sp³-hybridized carbons (Fsp3) is 0.300. The van der Waals surface area contributed by atoms with Gasteiger partial charge in [-0.15, -0.1) is 0 Å². The van der Waals surface area contributed by atoms with Gasteiger partial charge in [-0.2, -0.15) is 0 Å². The highest BCUT2D eigenvalue weighted by Crippen LogP contribution is 2.27. The summed E-state index contributed by atoms with van der Waals surface area (Å²) in [6, 6.07) is 13.9. The lowest BCUT2D eigenvalue weighted by Gasteiger charge is -2.25. The molecule has 0 N–H and O–H groups in total. The van der Waals surface area contributed by atoms with Crippen molar-refractivity contribution in [3.05, 3.63) is 64.1 Å². The van der Waals surface area contributed by atoms with Crippen LogP contribution in [0.4, 0.5) is 0 Å². The van der Waals surface area contributed by atoms with Crippen LogP contribution < -0.4 is 4.74 Å². The van der Waals surface area contributed by atoms with Gasteiger partial charge in [0.2, 0.25) is 6.10 Å². The Morgan fingerprint density at radius 3 is 2.27 bits per heavy atom. The summed E-state index contributed by atoms with van der Waals surface area (Å²) in [5.74, 6) is -0.190. The molecule has 6 heteroatoms. The molecule has 138 valence electrons. The van der Waals surface area contributed by atoms with E-state index in [2.05, 4.69) is 15.9 Å². The van der Waals surface area contributed by atoms with Crippen molar-refractivity contribution in [2.45, 2.75) is 20.0 Å². The molecule has 0 aliphatic carbocycles. The Morgan fingerprint density at radius 1 is 1.08 bits per heavy atom. The zero-order valence-electron chi connectivity index (χ0n) is 15.1. The van der Waals surface area contributed by atoms with E-state index in [1.807, 2.05) is 32.0 Å². The number of likely N-dealkylation sites (N-methyl/N-ethyl adjacent to an activating group) is 1. The van der Waals surface area contributed by atoms with E-state index in [0.29, 0.717) is 34.4 Å². The minimum Gasteiger partial charge on any atom is -0.496 e. The van der Waals surface area contributed by atoms with Crippen molar-refractivity contribution in [2.75, 3.05) is 20.2 Å². The van der Waals surface area contributed by atoms with E-state index in [9.17, 15) is 9.59 Å². The quantitative estimate of drug-likeness (QED) is 0.630. The fourth-order valence-electron chi connectivity index (χ4n) is 2.56. The van der Waals surface area contributed by atoms with Crippen molar-refractivity contribution in [2.24, 2.45) is 0 Å². The highest BCUT2D eigenvalue weighted by atomic mass is 79.9. The predicted molar refractivity (Wildman–Crippen MR) is 103 cm³/mol. The van der Waals surface area contributed by atoms with E-state index in [0.717, 1.165) is 0 Å². The molecule has 0 bridgehead atoms. The summed E-state index contributed by atoms with van der Waals surface area (Å²) in [5.41, 5.74) is 0.983. The van der Waals surface area contributed by atoms with Crippen molar-refractivity contribution in [1.82, 2.24) is 4.90 Å². The van der Waals surface area contributed by atoms with Crippen molar-refractivity contribution in [3.8, 4) is 5.75 Å². The Bertz CT molecular complexity index is 760. The van der Waals surface area contributed by atoms with Crippen LogP contribution >= 0.6 is 15.9 Å². The highest BCUT2D eigenvalue weighted by molar-refractivity contribution is 9.10. The molecule has 0 aliphatic rings. The van der Waals surface area contributed by atoms with Gasteiger partial charge < -0.3 is 14.4 Å². The lowest BCUT2D eigenvalue weighted by molar-refractivity contribution is -0.140. The van der Waals surface area contributed by atoms with Crippen LogP contribution in [0.3, 0.4) is 0 Å². The zero-order valence-corrected chi connectivity index (χ0v) is 16.7. The smallest absolute Gasteiger partial charge is 0.339 e. The average molecular weight is 420 g/mol. The van der Waals surface area contributed by atoms with E-state index in [-0.39, 0.29) is 5.91 Å². The molecule has 0 spiro atoms. The Morgan fingerprint density at radius 2 is 1.73 bits per heavy atom. The second-order valence-electron chi connectivity index (χ2n) is 5.56. The summed E-state index contributed by atoms with van der Waals surface area (Å²) >= 11 is 3.35. The van der Waals surface area contributed by atoms with Crippen molar-refractivity contribution in [3.63, 3.8) is 0 Å². The second-order valence-corrected chi connectivity index (χ2v) is 6.41. The number of methoxy groups -OCH3 is 1. The molecule has 2 rings (SSSR count). The SMILES string of the molecule is CCN(CC)C(=O)[C@H](OC(=O)c1ccc(OC)c(Br)c1)c1ccccc1. The lowest BCUT2D eigenvalue weighted by Crippen LogP contribution is -2.36. The summed E-state index contributed by atoms with van der Waals surface area (Å²) < 4.78 is 11.4. The van der Waals surface area contributed by atoms with Gasteiger partial charge >= 0.3 is 5.97 Å². The Hall–Kier alpha value is -2.34. The zero-order chi connectivity index (χ0) is 19.1. The standard InChI is InChI=1S/C20H22BrNO4/c1-4-22(5-2)19(23)18(14-9-7-6-8-10-14)26-20(24)15-11-12-17(25-3)16(21)13-15/h6-13,18H,4-5H2,1-3H3/t18-/m1/s1. The van der Waals surface area contributed by atoms with E-state index < -0.39 is 12.1 Å². The van der Waals surface area contributed by atoms with Gasteiger partial charge in [-0.1, -0.05) is 30.3 Å². The monoisotopic (exact) mass is 419 g/mol. The molecule has 0 saturated carbocycles. The van der Waals surface area contributed by atoms with Crippen LogP contribution in [0, 0.1) is 0 Å². The van der Waals surface area contributed by atoms with Crippen LogP contribution in [-0.4, -0.2) is 37.0 Å². The molecule has 0 aliphatic heterocycles. The summed E-state index contributed by atoms with van der Waals surface area (Å²) in [6.45, 7) is 4.88. The number of carbonyl (C=O) groups excluding carboxylic acids is 2. The van der Waals surface area contributed by atoms with Gasteiger partial charge in [0.15, 0.2) is 0 Å². The minimum atomic E-state index is -0.982. The van der Waals surface area contributed by atoms with Gasteiger partial charge in [-0.05, 0) is 48.0 Å². The first kappa shape index (κ1) is 20.0. The maximum Gasteiger partial charge on any atom is 0.339 e. The molecule has 0 saturated heterocycles. The third kappa shape index (κ3) is 4.64. The fourth-order valence-corrected chi connectivity index (χ4v) is 3.10.